The molecule has 2 N–H and O–H groups in total. The lowest BCUT2D eigenvalue weighted by atomic mass is 9.95. The van der Waals surface area contributed by atoms with Gasteiger partial charge in [0, 0.05) is 43.0 Å². The van der Waals surface area contributed by atoms with Crippen LogP contribution in [0.2, 0.25) is 0 Å². The van der Waals surface area contributed by atoms with Crippen LogP contribution < -0.4 is 15.4 Å². The van der Waals surface area contributed by atoms with Crippen LogP contribution in [0.25, 0.3) is 11.0 Å². The summed E-state index contributed by atoms with van der Waals surface area (Å²) >= 11 is 0. The van der Waals surface area contributed by atoms with Crippen molar-refractivity contribution in [1.82, 2.24) is 19.4 Å². The molecule has 4 aromatic rings. The zero-order valence-electron chi connectivity index (χ0n) is 23.4. The third-order valence-electron chi connectivity index (χ3n) is 7.51. The van der Waals surface area contributed by atoms with Gasteiger partial charge in [-0.15, -0.1) is 0 Å². The Labute approximate surface area is 230 Å². The van der Waals surface area contributed by atoms with E-state index < -0.39 is 0 Å². The van der Waals surface area contributed by atoms with Crippen LogP contribution in [0.5, 0.6) is 11.5 Å². The van der Waals surface area contributed by atoms with Gasteiger partial charge in [-0.25, -0.2) is 9.97 Å². The van der Waals surface area contributed by atoms with Gasteiger partial charge in [0.2, 0.25) is 11.9 Å². The number of pyridine rings is 1. The monoisotopic (exact) mass is 526 g/mol. The molecule has 1 fully saturated rings. The molecule has 0 radical (unpaired) electrons. The fourth-order valence-electron chi connectivity index (χ4n) is 5.04. The molecule has 0 spiro atoms. The van der Waals surface area contributed by atoms with Crippen molar-refractivity contribution in [1.29, 1.82) is 0 Å². The van der Waals surface area contributed by atoms with Crippen molar-refractivity contribution in [3.8, 4) is 11.5 Å². The van der Waals surface area contributed by atoms with Gasteiger partial charge in [-0.3, -0.25) is 4.79 Å². The van der Waals surface area contributed by atoms with Gasteiger partial charge in [0.25, 0.3) is 0 Å². The molecule has 0 saturated carbocycles. The molecule has 0 unspecified atom stereocenters. The standard InChI is InChI=1S/C31H38N6O2/c1-20(2)23-7-6-8-24(17-23)33-31-34-27-18-25(9-10-28(27)36(31)5)39-26-11-14-32-29(19-26)35-30(38)22-12-15-37(16-13-22)21(3)4/h6-11,14,17-22H,12-13,15-16H2,1-5H3,(H,33,34)(H,32,35,38). The number of hydrogen-bond donors (Lipinski definition) is 2. The topological polar surface area (TPSA) is 84.3 Å². The number of piperidine rings is 1. The van der Waals surface area contributed by atoms with E-state index in [4.69, 9.17) is 9.72 Å². The van der Waals surface area contributed by atoms with Crippen molar-refractivity contribution < 1.29 is 9.53 Å². The number of aromatic nitrogens is 3. The zero-order chi connectivity index (χ0) is 27.5. The van der Waals surface area contributed by atoms with E-state index in [1.165, 1.54) is 5.56 Å². The van der Waals surface area contributed by atoms with Crippen LogP contribution in [0.1, 0.15) is 52.0 Å². The normalized spacial score (nSPS) is 14.7. The molecular weight excluding hydrogens is 488 g/mol. The number of aryl methyl sites for hydroxylation is 1. The van der Waals surface area contributed by atoms with E-state index in [0.717, 1.165) is 48.6 Å². The number of likely N-dealkylation sites (tertiary alicyclic amines) is 1. The number of rotatable bonds is 8. The van der Waals surface area contributed by atoms with Gasteiger partial charge in [-0.2, -0.15) is 0 Å². The first-order valence-electron chi connectivity index (χ1n) is 13.8. The van der Waals surface area contributed by atoms with Crippen LogP contribution in [-0.2, 0) is 11.8 Å². The Morgan fingerprint density at radius 3 is 2.51 bits per heavy atom. The van der Waals surface area contributed by atoms with E-state index in [1.807, 2.05) is 35.9 Å². The van der Waals surface area contributed by atoms with Crippen LogP contribution in [-0.4, -0.2) is 44.5 Å². The van der Waals surface area contributed by atoms with Crippen molar-refractivity contribution in [2.24, 2.45) is 13.0 Å². The molecular formula is C31H38N6O2. The number of nitrogens with zero attached hydrogens (tertiary/aromatic N) is 4. The van der Waals surface area contributed by atoms with Gasteiger partial charge in [-0.05, 0) is 81.6 Å². The second-order valence-corrected chi connectivity index (χ2v) is 10.9. The number of benzene rings is 2. The van der Waals surface area contributed by atoms with E-state index in [0.29, 0.717) is 29.3 Å². The molecule has 1 aliphatic heterocycles. The predicted molar refractivity (Wildman–Crippen MR) is 157 cm³/mol. The van der Waals surface area contributed by atoms with E-state index in [-0.39, 0.29) is 11.8 Å². The van der Waals surface area contributed by atoms with Crippen LogP contribution in [0.3, 0.4) is 0 Å². The Morgan fingerprint density at radius 1 is 1.00 bits per heavy atom. The lowest BCUT2D eigenvalue weighted by molar-refractivity contribution is -0.121. The maximum Gasteiger partial charge on any atom is 0.228 e. The minimum atomic E-state index is 0.00795. The van der Waals surface area contributed by atoms with Crippen molar-refractivity contribution >= 4 is 34.4 Å². The lowest BCUT2D eigenvalue weighted by Gasteiger charge is -2.33. The number of anilines is 3. The highest BCUT2D eigenvalue weighted by atomic mass is 16.5. The van der Waals surface area contributed by atoms with Crippen molar-refractivity contribution in [2.45, 2.75) is 52.5 Å². The summed E-state index contributed by atoms with van der Waals surface area (Å²) in [6.07, 6.45) is 3.38. The third kappa shape index (κ3) is 6.23. The van der Waals surface area contributed by atoms with Crippen LogP contribution >= 0.6 is 0 Å². The summed E-state index contributed by atoms with van der Waals surface area (Å²) in [5, 5.41) is 6.43. The largest absolute Gasteiger partial charge is 0.457 e. The first kappa shape index (κ1) is 26.7. The number of nitrogens with one attached hydrogen (secondary N) is 2. The predicted octanol–water partition coefficient (Wildman–Crippen LogP) is 6.69. The zero-order valence-corrected chi connectivity index (χ0v) is 23.4. The number of fused-ring (bicyclic) bond motifs is 1. The molecule has 5 rings (SSSR count). The Bertz CT molecular complexity index is 1450. The molecule has 0 bridgehead atoms. The summed E-state index contributed by atoms with van der Waals surface area (Å²) < 4.78 is 8.17. The smallest absolute Gasteiger partial charge is 0.228 e. The molecule has 8 heteroatoms. The fraction of sp³-hybridized carbons (Fsp3) is 0.387. The molecule has 0 atom stereocenters. The molecule has 204 valence electrons. The van der Waals surface area contributed by atoms with Crippen LogP contribution in [0, 0.1) is 5.92 Å². The van der Waals surface area contributed by atoms with Gasteiger partial charge in [0.05, 0.1) is 11.0 Å². The van der Waals surface area contributed by atoms with Gasteiger partial charge < -0.3 is 24.8 Å². The maximum atomic E-state index is 12.9. The average molecular weight is 527 g/mol. The number of amides is 1. The Kier molecular flexibility index (Phi) is 7.84. The van der Waals surface area contributed by atoms with E-state index >= 15 is 0 Å². The highest BCUT2D eigenvalue weighted by molar-refractivity contribution is 5.92. The molecule has 2 aromatic carbocycles. The van der Waals surface area contributed by atoms with Crippen molar-refractivity contribution in [3.05, 3.63) is 66.4 Å². The Balaban J connectivity index is 1.26. The van der Waals surface area contributed by atoms with Gasteiger partial charge in [0.1, 0.15) is 17.3 Å². The third-order valence-corrected chi connectivity index (χ3v) is 7.51. The maximum absolute atomic E-state index is 12.9. The summed E-state index contributed by atoms with van der Waals surface area (Å²) in [5.41, 5.74) is 4.11. The lowest BCUT2D eigenvalue weighted by Crippen LogP contribution is -2.41. The van der Waals surface area contributed by atoms with Crippen molar-refractivity contribution in [3.63, 3.8) is 0 Å². The van der Waals surface area contributed by atoms with Gasteiger partial charge in [-0.1, -0.05) is 26.0 Å². The molecule has 3 heterocycles. The summed E-state index contributed by atoms with van der Waals surface area (Å²) in [6, 6.07) is 18.3. The van der Waals surface area contributed by atoms with Gasteiger partial charge in [0.15, 0.2) is 0 Å². The van der Waals surface area contributed by atoms with Crippen molar-refractivity contribution in [2.75, 3.05) is 23.7 Å². The first-order valence-corrected chi connectivity index (χ1v) is 13.8. The first-order chi connectivity index (χ1) is 18.8. The number of carbonyl (C=O) groups excluding carboxylic acids is 1. The minimum Gasteiger partial charge on any atom is -0.457 e. The molecule has 39 heavy (non-hydrogen) atoms. The number of hydrogen-bond acceptors (Lipinski definition) is 6. The molecule has 1 amide bonds. The molecule has 1 saturated heterocycles. The molecule has 8 nitrogen and oxygen atoms in total. The Morgan fingerprint density at radius 2 is 1.77 bits per heavy atom. The quantitative estimate of drug-likeness (QED) is 0.266. The summed E-state index contributed by atoms with van der Waals surface area (Å²) in [6.45, 7) is 10.7. The molecule has 0 aliphatic carbocycles. The fourth-order valence-corrected chi connectivity index (χ4v) is 5.04. The van der Waals surface area contributed by atoms with E-state index in [9.17, 15) is 4.79 Å². The second-order valence-electron chi connectivity index (χ2n) is 10.9. The minimum absolute atomic E-state index is 0.00795. The number of carbonyl (C=O) groups is 1. The second kappa shape index (κ2) is 11.5. The summed E-state index contributed by atoms with van der Waals surface area (Å²) in [5.74, 6) is 3.02. The number of imidazole rings is 1. The average Bonchev–Trinajstić information content (AvgIpc) is 3.23. The number of ether oxygens (including phenoxy) is 1. The van der Waals surface area contributed by atoms with Crippen LogP contribution in [0.15, 0.2) is 60.8 Å². The summed E-state index contributed by atoms with van der Waals surface area (Å²) in [4.78, 5) is 24.4. The Hall–Kier alpha value is -3.91. The SMILES string of the molecule is CC(C)c1cccc(Nc2nc3cc(Oc4ccnc(NC(=O)C5CCN(C(C)C)CC5)c4)ccc3n2C)c1. The molecule has 2 aromatic heterocycles. The van der Waals surface area contributed by atoms with Gasteiger partial charge >= 0.3 is 0 Å². The van der Waals surface area contributed by atoms with E-state index in [1.54, 1.807) is 18.3 Å². The highest BCUT2D eigenvalue weighted by Crippen LogP contribution is 2.30. The van der Waals surface area contributed by atoms with E-state index in [2.05, 4.69) is 66.4 Å². The molecule has 1 aliphatic rings. The van der Waals surface area contributed by atoms with Crippen LogP contribution in [0.4, 0.5) is 17.5 Å². The highest BCUT2D eigenvalue weighted by Gasteiger charge is 2.26. The summed E-state index contributed by atoms with van der Waals surface area (Å²) in [7, 11) is 2.00.